The molecule has 0 amide bonds. The molecular formula is C13H21N3O. The van der Waals surface area contributed by atoms with E-state index in [4.69, 9.17) is 10.5 Å². The second-order valence-electron chi connectivity index (χ2n) is 4.91. The van der Waals surface area contributed by atoms with Gasteiger partial charge in [0.25, 0.3) is 0 Å². The van der Waals surface area contributed by atoms with Crippen LogP contribution in [0.3, 0.4) is 0 Å². The highest BCUT2D eigenvalue weighted by atomic mass is 16.5. The van der Waals surface area contributed by atoms with Crippen molar-refractivity contribution in [1.29, 1.82) is 0 Å². The molecule has 0 aromatic carbocycles. The maximum absolute atomic E-state index is 6.03. The maximum atomic E-state index is 6.03. The molecule has 2 atom stereocenters. The summed E-state index contributed by atoms with van der Waals surface area (Å²) in [5.74, 6) is 1.49. The van der Waals surface area contributed by atoms with E-state index in [1.807, 2.05) is 19.2 Å². The second-order valence-corrected chi connectivity index (χ2v) is 4.91. The number of methoxy groups -OCH3 is 1. The van der Waals surface area contributed by atoms with E-state index in [-0.39, 0.29) is 6.10 Å². The first-order valence-electron chi connectivity index (χ1n) is 6.11. The van der Waals surface area contributed by atoms with Gasteiger partial charge in [-0.3, -0.25) is 0 Å². The lowest BCUT2D eigenvalue weighted by Crippen LogP contribution is -2.44. The number of aromatic nitrogens is 1. The Morgan fingerprint density at radius 2 is 2.29 bits per heavy atom. The average molecular weight is 235 g/mol. The minimum atomic E-state index is 0.270. The summed E-state index contributed by atoms with van der Waals surface area (Å²) in [7, 11) is 1.77. The molecule has 0 bridgehead atoms. The summed E-state index contributed by atoms with van der Waals surface area (Å²) < 4.78 is 5.51. The number of hydrogen-bond acceptors (Lipinski definition) is 4. The topological polar surface area (TPSA) is 51.4 Å². The van der Waals surface area contributed by atoms with Crippen LogP contribution < -0.4 is 10.6 Å². The zero-order chi connectivity index (χ0) is 12.4. The highest BCUT2D eigenvalue weighted by Crippen LogP contribution is 2.27. The third-order valence-corrected chi connectivity index (χ3v) is 3.52. The van der Waals surface area contributed by atoms with E-state index in [0.29, 0.717) is 5.92 Å². The standard InChI is InChI=1S/C13H21N3O/c1-9-6-11(14)13(15-7-9)16-5-4-10(2)12(8-16)17-3/h6-7,10,12H,4-5,8,14H2,1-3H3. The molecule has 4 heteroatoms. The van der Waals surface area contributed by atoms with Crippen LogP contribution in [0.5, 0.6) is 0 Å². The molecule has 94 valence electrons. The molecule has 1 aliphatic heterocycles. The minimum absolute atomic E-state index is 0.270. The number of piperidine rings is 1. The van der Waals surface area contributed by atoms with Gasteiger partial charge in [-0.25, -0.2) is 4.98 Å². The van der Waals surface area contributed by atoms with Crippen molar-refractivity contribution >= 4 is 11.5 Å². The Balaban J connectivity index is 2.17. The van der Waals surface area contributed by atoms with E-state index in [1.54, 1.807) is 7.11 Å². The van der Waals surface area contributed by atoms with Gasteiger partial charge in [0.05, 0.1) is 11.8 Å². The normalized spacial score (nSPS) is 25.0. The summed E-state index contributed by atoms with van der Waals surface area (Å²) in [5.41, 5.74) is 7.88. The Hall–Kier alpha value is -1.29. The van der Waals surface area contributed by atoms with Crippen LogP contribution in [0.4, 0.5) is 11.5 Å². The van der Waals surface area contributed by atoms with E-state index in [2.05, 4.69) is 16.8 Å². The number of rotatable bonds is 2. The molecule has 17 heavy (non-hydrogen) atoms. The smallest absolute Gasteiger partial charge is 0.151 e. The lowest BCUT2D eigenvalue weighted by atomic mass is 9.96. The van der Waals surface area contributed by atoms with Gasteiger partial charge in [-0.15, -0.1) is 0 Å². The molecule has 1 aromatic rings. The summed E-state index contributed by atoms with van der Waals surface area (Å²) in [6, 6.07) is 1.97. The van der Waals surface area contributed by atoms with Gasteiger partial charge in [0.2, 0.25) is 0 Å². The number of pyridine rings is 1. The van der Waals surface area contributed by atoms with Crippen molar-refractivity contribution in [3.05, 3.63) is 17.8 Å². The predicted octanol–water partition coefficient (Wildman–Crippen LogP) is 1.83. The zero-order valence-electron chi connectivity index (χ0n) is 10.8. The highest BCUT2D eigenvalue weighted by molar-refractivity contribution is 5.63. The molecule has 2 N–H and O–H groups in total. The largest absolute Gasteiger partial charge is 0.396 e. The Morgan fingerprint density at radius 3 is 2.94 bits per heavy atom. The zero-order valence-corrected chi connectivity index (χ0v) is 10.8. The van der Waals surface area contributed by atoms with E-state index in [1.165, 1.54) is 0 Å². The van der Waals surface area contributed by atoms with Crippen LogP contribution in [0.15, 0.2) is 12.3 Å². The van der Waals surface area contributed by atoms with E-state index in [9.17, 15) is 0 Å². The van der Waals surface area contributed by atoms with Gasteiger partial charge >= 0.3 is 0 Å². The van der Waals surface area contributed by atoms with Gasteiger partial charge in [-0.1, -0.05) is 6.92 Å². The van der Waals surface area contributed by atoms with Crippen LogP contribution in [-0.2, 0) is 4.74 Å². The van der Waals surface area contributed by atoms with Gasteiger partial charge < -0.3 is 15.4 Å². The van der Waals surface area contributed by atoms with Crippen LogP contribution in [-0.4, -0.2) is 31.3 Å². The van der Waals surface area contributed by atoms with Crippen molar-refractivity contribution in [2.75, 3.05) is 30.8 Å². The molecule has 4 nitrogen and oxygen atoms in total. The number of aryl methyl sites for hydroxylation is 1. The fourth-order valence-corrected chi connectivity index (χ4v) is 2.38. The first-order chi connectivity index (χ1) is 8.11. The number of nitrogen functional groups attached to an aromatic ring is 1. The summed E-state index contributed by atoms with van der Waals surface area (Å²) >= 11 is 0. The van der Waals surface area contributed by atoms with Crippen molar-refractivity contribution in [3.63, 3.8) is 0 Å². The van der Waals surface area contributed by atoms with Crippen molar-refractivity contribution in [3.8, 4) is 0 Å². The van der Waals surface area contributed by atoms with Crippen LogP contribution in [0.1, 0.15) is 18.9 Å². The van der Waals surface area contributed by atoms with Crippen LogP contribution in [0, 0.1) is 12.8 Å². The van der Waals surface area contributed by atoms with Gasteiger partial charge in [-0.05, 0) is 30.9 Å². The maximum Gasteiger partial charge on any atom is 0.151 e. The summed E-state index contributed by atoms with van der Waals surface area (Å²) in [4.78, 5) is 6.67. The molecular weight excluding hydrogens is 214 g/mol. The van der Waals surface area contributed by atoms with Gasteiger partial charge in [-0.2, -0.15) is 0 Å². The monoisotopic (exact) mass is 235 g/mol. The van der Waals surface area contributed by atoms with Crippen molar-refractivity contribution in [2.24, 2.45) is 5.92 Å². The number of nitrogens with two attached hydrogens (primary N) is 1. The average Bonchev–Trinajstić information content (AvgIpc) is 2.30. The van der Waals surface area contributed by atoms with E-state index in [0.717, 1.165) is 36.6 Å². The molecule has 1 aromatic heterocycles. The lowest BCUT2D eigenvalue weighted by molar-refractivity contribution is 0.0497. The van der Waals surface area contributed by atoms with Gasteiger partial charge in [0.15, 0.2) is 5.82 Å². The molecule has 0 spiro atoms. The van der Waals surface area contributed by atoms with Gasteiger partial charge in [0.1, 0.15) is 0 Å². The first-order valence-corrected chi connectivity index (χ1v) is 6.11. The molecule has 2 unspecified atom stereocenters. The van der Waals surface area contributed by atoms with E-state index >= 15 is 0 Å². The number of hydrogen-bond donors (Lipinski definition) is 1. The van der Waals surface area contributed by atoms with Crippen molar-refractivity contribution in [1.82, 2.24) is 4.98 Å². The Kier molecular flexibility index (Phi) is 3.52. The fraction of sp³-hybridized carbons (Fsp3) is 0.615. The quantitative estimate of drug-likeness (QED) is 0.849. The minimum Gasteiger partial charge on any atom is -0.396 e. The number of ether oxygens (including phenoxy) is 1. The molecule has 0 radical (unpaired) electrons. The second kappa shape index (κ2) is 4.92. The highest BCUT2D eigenvalue weighted by Gasteiger charge is 2.27. The van der Waals surface area contributed by atoms with Crippen LogP contribution in [0.2, 0.25) is 0 Å². The Labute approximate surface area is 103 Å². The number of anilines is 2. The molecule has 2 heterocycles. The third kappa shape index (κ3) is 2.52. The Bertz CT molecular complexity index is 394. The molecule has 1 saturated heterocycles. The number of nitrogens with zero attached hydrogens (tertiary/aromatic N) is 2. The van der Waals surface area contributed by atoms with Crippen LogP contribution in [0.25, 0.3) is 0 Å². The molecule has 1 aliphatic rings. The summed E-state index contributed by atoms with van der Waals surface area (Å²) in [6.45, 7) is 6.11. The first kappa shape index (κ1) is 12.2. The van der Waals surface area contributed by atoms with Crippen molar-refractivity contribution in [2.45, 2.75) is 26.4 Å². The fourth-order valence-electron chi connectivity index (χ4n) is 2.38. The van der Waals surface area contributed by atoms with Gasteiger partial charge in [0, 0.05) is 26.4 Å². The summed E-state index contributed by atoms with van der Waals surface area (Å²) in [6.07, 6.45) is 3.25. The van der Waals surface area contributed by atoms with E-state index < -0.39 is 0 Å². The summed E-state index contributed by atoms with van der Waals surface area (Å²) in [5, 5.41) is 0. The van der Waals surface area contributed by atoms with Crippen LogP contribution >= 0.6 is 0 Å². The molecule has 0 saturated carbocycles. The molecule has 0 aliphatic carbocycles. The Morgan fingerprint density at radius 1 is 1.53 bits per heavy atom. The predicted molar refractivity (Wildman–Crippen MR) is 70.2 cm³/mol. The SMILES string of the molecule is COC1CN(c2ncc(C)cc2N)CCC1C. The third-order valence-electron chi connectivity index (χ3n) is 3.52. The lowest BCUT2D eigenvalue weighted by Gasteiger charge is -2.37. The molecule has 2 rings (SSSR count). The molecule has 1 fully saturated rings. The van der Waals surface area contributed by atoms with Crippen molar-refractivity contribution < 1.29 is 4.74 Å².